The van der Waals surface area contributed by atoms with Gasteiger partial charge < -0.3 is 10.2 Å². The van der Waals surface area contributed by atoms with Crippen LogP contribution in [0, 0.1) is 5.82 Å². The lowest BCUT2D eigenvalue weighted by Crippen LogP contribution is -2.43. The van der Waals surface area contributed by atoms with Crippen molar-refractivity contribution in [3.63, 3.8) is 0 Å². The Hall–Kier alpha value is -2.93. The highest BCUT2D eigenvalue weighted by molar-refractivity contribution is 6.31. The van der Waals surface area contributed by atoms with E-state index >= 15 is 0 Å². The average molecular weight is 460 g/mol. The number of carbonyl (C=O) groups is 3. The van der Waals surface area contributed by atoms with Gasteiger partial charge in [0.15, 0.2) is 0 Å². The standard InChI is InChI=1S/C24H27ClFN3O3/c1-23(2,3)15-9-11-16(12-10-15)24(4)21(31)29(22(32)27-24)14-20(30)28(5)13-17-18(25)7-6-8-19(17)26/h6-12H,13-14H2,1-5H3,(H,27,32). The maximum absolute atomic E-state index is 14.0. The molecule has 32 heavy (non-hydrogen) atoms. The van der Waals surface area contributed by atoms with Crippen LogP contribution in [0.3, 0.4) is 0 Å². The molecule has 1 aliphatic rings. The van der Waals surface area contributed by atoms with E-state index in [1.54, 1.807) is 6.92 Å². The van der Waals surface area contributed by atoms with Crippen LogP contribution < -0.4 is 5.32 Å². The quantitative estimate of drug-likeness (QED) is 0.681. The highest BCUT2D eigenvalue weighted by Crippen LogP contribution is 2.31. The number of benzene rings is 2. The van der Waals surface area contributed by atoms with Gasteiger partial charge in [-0.1, -0.05) is 62.7 Å². The molecule has 0 aromatic heterocycles. The minimum Gasteiger partial charge on any atom is -0.340 e. The van der Waals surface area contributed by atoms with Gasteiger partial charge in [0.05, 0.1) is 0 Å². The molecule has 1 N–H and O–H groups in total. The molecule has 4 amide bonds. The third kappa shape index (κ3) is 4.48. The molecule has 1 fully saturated rings. The zero-order valence-corrected chi connectivity index (χ0v) is 19.6. The van der Waals surface area contributed by atoms with Crippen molar-refractivity contribution >= 4 is 29.4 Å². The van der Waals surface area contributed by atoms with Gasteiger partial charge in [-0.25, -0.2) is 9.18 Å². The number of urea groups is 1. The second-order valence-electron chi connectivity index (χ2n) is 9.22. The minimum atomic E-state index is -1.28. The van der Waals surface area contributed by atoms with E-state index in [0.717, 1.165) is 10.5 Å². The Balaban J connectivity index is 1.75. The van der Waals surface area contributed by atoms with Crippen molar-refractivity contribution in [3.05, 3.63) is 70.0 Å². The van der Waals surface area contributed by atoms with Crippen molar-refractivity contribution in [3.8, 4) is 0 Å². The third-order valence-corrected chi connectivity index (χ3v) is 6.13. The van der Waals surface area contributed by atoms with E-state index in [0.29, 0.717) is 5.56 Å². The number of nitrogens with one attached hydrogen (secondary N) is 1. The van der Waals surface area contributed by atoms with Gasteiger partial charge in [0.2, 0.25) is 5.91 Å². The highest BCUT2D eigenvalue weighted by atomic mass is 35.5. The predicted octanol–water partition coefficient (Wildman–Crippen LogP) is 4.20. The van der Waals surface area contributed by atoms with E-state index in [4.69, 9.17) is 11.6 Å². The molecule has 170 valence electrons. The zero-order chi connectivity index (χ0) is 23.8. The molecule has 2 aromatic carbocycles. The smallest absolute Gasteiger partial charge is 0.325 e. The maximum Gasteiger partial charge on any atom is 0.325 e. The van der Waals surface area contributed by atoms with Crippen LogP contribution in [0.4, 0.5) is 9.18 Å². The van der Waals surface area contributed by atoms with Crippen molar-refractivity contribution in [2.24, 2.45) is 0 Å². The molecule has 1 unspecified atom stereocenters. The van der Waals surface area contributed by atoms with Crippen LogP contribution in [-0.2, 0) is 27.1 Å². The molecule has 6 nitrogen and oxygen atoms in total. The van der Waals surface area contributed by atoms with E-state index < -0.39 is 35.7 Å². The normalized spacial score (nSPS) is 18.7. The molecule has 1 atom stereocenters. The summed E-state index contributed by atoms with van der Waals surface area (Å²) in [6, 6.07) is 11.1. The molecule has 0 spiro atoms. The monoisotopic (exact) mass is 459 g/mol. The first-order valence-electron chi connectivity index (χ1n) is 10.3. The fourth-order valence-corrected chi connectivity index (χ4v) is 3.83. The molecule has 1 saturated heterocycles. The zero-order valence-electron chi connectivity index (χ0n) is 18.8. The summed E-state index contributed by atoms with van der Waals surface area (Å²) in [7, 11) is 1.47. The molecule has 3 rings (SSSR count). The lowest BCUT2D eigenvalue weighted by atomic mass is 9.84. The van der Waals surface area contributed by atoms with Gasteiger partial charge in [-0.15, -0.1) is 0 Å². The van der Waals surface area contributed by atoms with Crippen LogP contribution in [-0.4, -0.2) is 41.2 Å². The Bertz CT molecular complexity index is 1040. The first kappa shape index (κ1) is 23.7. The molecular formula is C24H27ClFN3O3. The largest absolute Gasteiger partial charge is 0.340 e. The van der Waals surface area contributed by atoms with Gasteiger partial charge in [0.25, 0.3) is 5.91 Å². The summed E-state index contributed by atoms with van der Waals surface area (Å²) in [5.41, 5.74) is 0.576. The predicted molar refractivity (Wildman–Crippen MR) is 121 cm³/mol. The van der Waals surface area contributed by atoms with Crippen LogP contribution in [0.1, 0.15) is 44.4 Å². The Labute approximate surface area is 192 Å². The number of hydrogen-bond donors (Lipinski definition) is 1. The van der Waals surface area contributed by atoms with Gasteiger partial charge in [-0.2, -0.15) is 0 Å². The van der Waals surface area contributed by atoms with Crippen LogP contribution in [0.2, 0.25) is 5.02 Å². The van der Waals surface area contributed by atoms with E-state index in [-0.39, 0.29) is 22.5 Å². The summed E-state index contributed by atoms with van der Waals surface area (Å²) in [6.45, 7) is 7.34. The molecular weight excluding hydrogens is 433 g/mol. The molecule has 1 heterocycles. The van der Waals surface area contributed by atoms with Crippen molar-refractivity contribution < 1.29 is 18.8 Å². The summed E-state index contributed by atoms with van der Waals surface area (Å²) in [5, 5.41) is 2.90. The lowest BCUT2D eigenvalue weighted by molar-refractivity contribution is -0.138. The molecule has 0 aliphatic carbocycles. The van der Waals surface area contributed by atoms with Crippen LogP contribution in [0.25, 0.3) is 0 Å². The second kappa shape index (κ2) is 8.54. The molecule has 0 bridgehead atoms. The van der Waals surface area contributed by atoms with E-state index in [1.807, 2.05) is 24.3 Å². The number of amides is 4. The van der Waals surface area contributed by atoms with Gasteiger partial charge in [0, 0.05) is 24.2 Å². The van der Waals surface area contributed by atoms with Crippen molar-refractivity contribution in [2.75, 3.05) is 13.6 Å². The summed E-state index contributed by atoms with van der Waals surface area (Å²) in [5.74, 6) is -1.56. The van der Waals surface area contributed by atoms with Crippen LogP contribution in [0.15, 0.2) is 42.5 Å². The SMILES string of the molecule is CN(Cc1c(F)cccc1Cl)C(=O)CN1C(=O)NC(C)(c2ccc(C(C)(C)C)cc2)C1=O. The third-order valence-electron chi connectivity index (χ3n) is 5.78. The van der Waals surface area contributed by atoms with E-state index in [1.165, 1.54) is 30.1 Å². The fourth-order valence-electron chi connectivity index (χ4n) is 3.60. The fraction of sp³-hybridized carbons (Fsp3) is 0.375. The molecule has 0 radical (unpaired) electrons. The van der Waals surface area contributed by atoms with Crippen molar-refractivity contribution in [2.45, 2.75) is 45.2 Å². The first-order valence-corrected chi connectivity index (χ1v) is 10.6. The van der Waals surface area contributed by atoms with Gasteiger partial charge in [0.1, 0.15) is 17.9 Å². The Morgan fingerprint density at radius 2 is 1.78 bits per heavy atom. The summed E-state index contributed by atoms with van der Waals surface area (Å²) < 4.78 is 14.0. The molecule has 2 aromatic rings. The summed E-state index contributed by atoms with van der Waals surface area (Å²) in [6.07, 6.45) is 0. The topological polar surface area (TPSA) is 69.7 Å². The maximum atomic E-state index is 14.0. The number of hydrogen-bond acceptors (Lipinski definition) is 3. The number of likely N-dealkylation sites (N-methyl/N-ethyl adjacent to an activating group) is 1. The molecule has 8 heteroatoms. The summed E-state index contributed by atoms with van der Waals surface area (Å²) >= 11 is 6.03. The number of rotatable bonds is 5. The second-order valence-corrected chi connectivity index (χ2v) is 9.63. The number of imide groups is 1. The van der Waals surface area contributed by atoms with E-state index in [2.05, 4.69) is 26.1 Å². The summed E-state index contributed by atoms with van der Waals surface area (Å²) in [4.78, 5) is 40.5. The van der Waals surface area contributed by atoms with Gasteiger partial charge >= 0.3 is 6.03 Å². The average Bonchev–Trinajstić information content (AvgIpc) is 2.94. The number of nitrogens with zero attached hydrogens (tertiary/aromatic N) is 2. The van der Waals surface area contributed by atoms with Gasteiger partial charge in [-0.05, 0) is 35.6 Å². The van der Waals surface area contributed by atoms with Crippen LogP contribution in [0.5, 0.6) is 0 Å². The van der Waals surface area contributed by atoms with Crippen molar-refractivity contribution in [1.29, 1.82) is 0 Å². The number of halogens is 2. The Morgan fingerprint density at radius 3 is 2.34 bits per heavy atom. The lowest BCUT2D eigenvalue weighted by Gasteiger charge is -2.25. The van der Waals surface area contributed by atoms with Gasteiger partial charge in [-0.3, -0.25) is 14.5 Å². The van der Waals surface area contributed by atoms with Crippen molar-refractivity contribution in [1.82, 2.24) is 15.1 Å². The highest BCUT2D eigenvalue weighted by Gasteiger charge is 2.49. The Morgan fingerprint density at radius 1 is 1.16 bits per heavy atom. The molecule has 0 saturated carbocycles. The number of carbonyl (C=O) groups excluding carboxylic acids is 3. The minimum absolute atomic E-state index is 0.0491. The first-order chi connectivity index (χ1) is 14.8. The Kier molecular flexibility index (Phi) is 6.33. The molecule has 1 aliphatic heterocycles. The van der Waals surface area contributed by atoms with Crippen LogP contribution >= 0.6 is 11.6 Å². The van der Waals surface area contributed by atoms with E-state index in [9.17, 15) is 18.8 Å².